The SMILES string of the molecule is Cc1ccc(-c2cc(C(=O)CC(C)C)cc(C(O)c3cccc4ncccc34)c2)c(F)c1. The van der Waals surface area contributed by atoms with Crippen LogP contribution in [0.1, 0.15) is 53.4 Å². The first kappa shape index (κ1) is 21.8. The molecule has 0 aliphatic heterocycles. The highest BCUT2D eigenvalue weighted by Crippen LogP contribution is 2.33. The lowest BCUT2D eigenvalue weighted by Crippen LogP contribution is -2.07. The molecule has 1 heterocycles. The zero-order chi connectivity index (χ0) is 22.8. The highest BCUT2D eigenvalue weighted by atomic mass is 19.1. The van der Waals surface area contributed by atoms with Crippen LogP contribution in [0.15, 0.2) is 72.9 Å². The van der Waals surface area contributed by atoms with Crippen LogP contribution in [0, 0.1) is 18.7 Å². The number of aliphatic hydroxyl groups excluding tert-OH is 1. The lowest BCUT2D eigenvalue weighted by Gasteiger charge is -2.17. The lowest BCUT2D eigenvalue weighted by molar-refractivity contribution is 0.0967. The molecule has 4 heteroatoms. The van der Waals surface area contributed by atoms with E-state index in [9.17, 15) is 14.3 Å². The number of nitrogens with zero attached hydrogens (tertiary/aromatic N) is 1. The topological polar surface area (TPSA) is 50.2 Å². The number of rotatable bonds is 6. The predicted molar refractivity (Wildman–Crippen MR) is 126 cm³/mol. The number of aryl methyl sites for hydroxylation is 1. The van der Waals surface area contributed by atoms with Crippen molar-refractivity contribution in [1.29, 1.82) is 0 Å². The largest absolute Gasteiger partial charge is 0.384 e. The Morgan fingerprint density at radius 1 is 1.03 bits per heavy atom. The van der Waals surface area contributed by atoms with Gasteiger partial charge in [-0.3, -0.25) is 9.78 Å². The summed E-state index contributed by atoms with van der Waals surface area (Å²) >= 11 is 0. The minimum Gasteiger partial charge on any atom is -0.384 e. The average molecular weight is 428 g/mol. The number of fused-ring (bicyclic) bond motifs is 1. The van der Waals surface area contributed by atoms with Crippen LogP contribution >= 0.6 is 0 Å². The molecule has 0 radical (unpaired) electrons. The Bertz CT molecular complexity index is 1290. The number of benzene rings is 3. The van der Waals surface area contributed by atoms with E-state index in [2.05, 4.69) is 4.98 Å². The molecule has 0 saturated heterocycles. The molecule has 0 saturated carbocycles. The van der Waals surface area contributed by atoms with Gasteiger partial charge in [-0.05, 0) is 71.5 Å². The first-order valence-electron chi connectivity index (χ1n) is 10.8. The van der Waals surface area contributed by atoms with E-state index in [0.29, 0.717) is 34.2 Å². The molecule has 0 fully saturated rings. The van der Waals surface area contributed by atoms with Gasteiger partial charge in [-0.1, -0.05) is 44.2 Å². The number of hydrogen-bond acceptors (Lipinski definition) is 3. The fourth-order valence-electron chi connectivity index (χ4n) is 4.01. The Morgan fingerprint density at radius 2 is 1.84 bits per heavy atom. The number of aliphatic hydroxyl groups is 1. The maximum absolute atomic E-state index is 14.8. The predicted octanol–water partition coefficient (Wildman–Crippen LogP) is 6.66. The molecule has 32 heavy (non-hydrogen) atoms. The van der Waals surface area contributed by atoms with Crippen LogP contribution < -0.4 is 0 Å². The minimum atomic E-state index is -0.984. The summed E-state index contributed by atoms with van der Waals surface area (Å²) in [4.78, 5) is 17.3. The first-order valence-corrected chi connectivity index (χ1v) is 10.8. The van der Waals surface area contributed by atoms with Crippen LogP contribution in [-0.4, -0.2) is 15.9 Å². The summed E-state index contributed by atoms with van der Waals surface area (Å²) < 4.78 is 14.8. The minimum absolute atomic E-state index is 0.0255. The quantitative estimate of drug-likeness (QED) is 0.350. The molecule has 3 aromatic carbocycles. The number of carbonyl (C=O) groups excluding carboxylic acids is 1. The van der Waals surface area contributed by atoms with E-state index in [4.69, 9.17) is 0 Å². The third-order valence-corrected chi connectivity index (χ3v) is 5.60. The highest BCUT2D eigenvalue weighted by molar-refractivity contribution is 5.97. The van der Waals surface area contributed by atoms with E-state index in [1.54, 1.807) is 30.5 Å². The smallest absolute Gasteiger partial charge is 0.163 e. The summed E-state index contributed by atoms with van der Waals surface area (Å²) in [6.45, 7) is 5.81. The van der Waals surface area contributed by atoms with Crippen LogP contribution in [0.3, 0.4) is 0 Å². The van der Waals surface area contributed by atoms with Gasteiger partial charge in [0.1, 0.15) is 11.9 Å². The fraction of sp³-hybridized carbons (Fsp3) is 0.214. The van der Waals surface area contributed by atoms with Gasteiger partial charge in [-0.2, -0.15) is 0 Å². The zero-order valence-corrected chi connectivity index (χ0v) is 18.5. The Balaban J connectivity index is 1.87. The molecular formula is C28H26FNO2. The van der Waals surface area contributed by atoms with Crippen molar-refractivity contribution in [3.63, 3.8) is 0 Å². The Hall–Kier alpha value is -3.37. The summed E-state index contributed by atoms with van der Waals surface area (Å²) in [6.07, 6.45) is 1.11. The molecule has 1 atom stereocenters. The van der Waals surface area contributed by atoms with Crippen molar-refractivity contribution >= 4 is 16.7 Å². The Labute approximate surface area is 187 Å². The summed E-state index contributed by atoms with van der Waals surface area (Å²) in [7, 11) is 0. The van der Waals surface area contributed by atoms with Crippen molar-refractivity contribution in [2.24, 2.45) is 5.92 Å². The molecule has 0 amide bonds. The van der Waals surface area contributed by atoms with Crippen LogP contribution in [0.25, 0.3) is 22.0 Å². The summed E-state index contributed by atoms with van der Waals surface area (Å²) in [5.74, 6) is -0.185. The number of hydrogen-bond donors (Lipinski definition) is 1. The van der Waals surface area contributed by atoms with Crippen LogP contribution in [0.4, 0.5) is 4.39 Å². The molecule has 0 aliphatic carbocycles. The van der Waals surface area contributed by atoms with Crippen molar-refractivity contribution in [2.75, 3.05) is 0 Å². The molecule has 162 valence electrons. The van der Waals surface area contributed by atoms with Gasteiger partial charge in [0.15, 0.2) is 5.78 Å². The van der Waals surface area contributed by atoms with Gasteiger partial charge in [-0.15, -0.1) is 0 Å². The molecule has 0 aliphatic rings. The number of carbonyl (C=O) groups is 1. The van der Waals surface area contributed by atoms with Gasteiger partial charge in [0.05, 0.1) is 5.52 Å². The molecule has 1 aromatic heterocycles. The second kappa shape index (κ2) is 9.01. The maximum atomic E-state index is 14.8. The van der Waals surface area contributed by atoms with Crippen molar-refractivity contribution in [3.05, 3.63) is 101 Å². The Kier molecular flexibility index (Phi) is 6.15. The molecule has 0 bridgehead atoms. The van der Waals surface area contributed by atoms with Crippen LogP contribution in [0.2, 0.25) is 0 Å². The van der Waals surface area contributed by atoms with Crippen LogP contribution in [-0.2, 0) is 0 Å². The van der Waals surface area contributed by atoms with Gasteiger partial charge < -0.3 is 5.11 Å². The second-order valence-electron chi connectivity index (χ2n) is 8.67. The van der Waals surface area contributed by atoms with Crippen molar-refractivity contribution in [2.45, 2.75) is 33.3 Å². The first-order chi connectivity index (χ1) is 15.3. The highest BCUT2D eigenvalue weighted by Gasteiger charge is 2.19. The summed E-state index contributed by atoms with van der Waals surface area (Å²) in [6, 6.07) is 19.6. The molecule has 1 unspecified atom stereocenters. The van der Waals surface area contributed by atoms with Crippen molar-refractivity contribution in [3.8, 4) is 11.1 Å². The van der Waals surface area contributed by atoms with Crippen molar-refractivity contribution < 1.29 is 14.3 Å². The number of aromatic nitrogens is 1. The van der Waals surface area contributed by atoms with Gasteiger partial charge >= 0.3 is 0 Å². The molecular weight excluding hydrogens is 401 g/mol. The third kappa shape index (κ3) is 4.46. The molecule has 3 nitrogen and oxygen atoms in total. The number of Topliss-reactive ketones (excluding diaryl/α,β-unsaturated/α-hetero) is 1. The fourth-order valence-corrected chi connectivity index (χ4v) is 4.01. The molecule has 4 aromatic rings. The third-order valence-electron chi connectivity index (χ3n) is 5.60. The van der Waals surface area contributed by atoms with Gasteiger partial charge in [0, 0.05) is 29.1 Å². The molecule has 1 N–H and O–H groups in total. The van der Waals surface area contributed by atoms with Gasteiger partial charge in [-0.25, -0.2) is 4.39 Å². The standard InChI is InChI=1S/C28H26FNO2/c1-17(2)12-27(31)20-14-19(22-10-9-18(3)13-25(22)29)15-21(16-20)28(32)24-6-4-8-26-23(24)7-5-11-30-26/h4-11,13-17,28,32H,12H2,1-3H3. The summed E-state index contributed by atoms with van der Waals surface area (Å²) in [5.41, 5.74) is 4.30. The lowest BCUT2D eigenvalue weighted by atomic mass is 9.90. The van der Waals surface area contributed by atoms with E-state index in [-0.39, 0.29) is 17.5 Å². The average Bonchev–Trinajstić information content (AvgIpc) is 2.77. The monoisotopic (exact) mass is 427 g/mol. The number of pyridine rings is 1. The van der Waals surface area contributed by atoms with E-state index in [1.807, 2.05) is 57.2 Å². The Morgan fingerprint density at radius 3 is 2.59 bits per heavy atom. The second-order valence-corrected chi connectivity index (χ2v) is 8.67. The van der Waals surface area contributed by atoms with Gasteiger partial charge in [0.2, 0.25) is 0 Å². The van der Waals surface area contributed by atoms with Crippen LogP contribution in [0.5, 0.6) is 0 Å². The zero-order valence-electron chi connectivity index (χ0n) is 18.5. The van der Waals surface area contributed by atoms with E-state index in [0.717, 1.165) is 16.5 Å². The number of ketones is 1. The van der Waals surface area contributed by atoms with Gasteiger partial charge in [0.25, 0.3) is 0 Å². The summed E-state index contributed by atoms with van der Waals surface area (Å²) in [5, 5.41) is 12.2. The van der Waals surface area contributed by atoms with E-state index in [1.165, 1.54) is 6.07 Å². The van der Waals surface area contributed by atoms with E-state index >= 15 is 0 Å². The maximum Gasteiger partial charge on any atom is 0.163 e. The molecule has 4 rings (SSSR count). The molecule has 0 spiro atoms. The van der Waals surface area contributed by atoms with Crippen molar-refractivity contribution in [1.82, 2.24) is 4.98 Å². The number of halogens is 1. The van der Waals surface area contributed by atoms with E-state index < -0.39 is 6.10 Å². The normalized spacial score (nSPS) is 12.3.